The zero-order chi connectivity index (χ0) is 15.8. The zero-order valence-corrected chi connectivity index (χ0v) is 15.2. The number of guanidine groups is 1. The molecule has 5 nitrogen and oxygen atoms in total. The molecule has 23 heavy (non-hydrogen) atoms. The summed E-state index contributed by atoms with van der Waals surface area (Å²) >= 11 is 0. The van der Waals surface area contributed by atoms with Gasteiger partial charge in [-0.1, -0.05) is 13.0 Å². The van der Waals surface area contributed by atoms with Gasteiger partial charge in [0.25, 0.3) is 0 Å². The molecule has 0 aliphatic heterocycles. The van der Waals surface area contributed by atoms with Gasteiger partial charge in [0.15, 0.2) is 5.96 Å². The maximum atomic E-state index is 12.8. The Morgan fingerprint density at radius 3 is 2.61 bits per heavy atom. The minimum absolute atomic E-state index is 0. The average molecular weight is 430 g/mol. The molecule has 0 aliphatic carbocycles. The van der Waals surface area contributed by atoms with Crippen molar-refractivity contribution in [3.05, 3.63) is 54.0 Å². The highest BCUT2D eigenvalue weighted by Gasteiger charge is 2.00. The second-order valence-electron chi connectivity index (χ2n) is 4.69. The highest BCUT2D eigenvalue weighted by molar-refractivity contribution is 14.0. The second kappa shape index (κ2) is 9.98. The first kappa shape index (κ1) is 19.1. The van der Waals surface area contributed by atoms with Gasteiger partial charge in [-0.25, -0.2) is 14.4 Å². The summed E-state index contributed by atoms with van der Waals surface area (Å²) < 4.78 is 18.3. The van der Waals surface area contributed by atoms with Gasteiger partial charge in [-0.2, -0.15) is 0 Å². The van der Waals surface area contributed by atoms with Crippen molar-refractivity contribution in [2.75, 3.05) is 6.54 Å². The summed E-state index contributed by atoms with van der Waals surface area (Å²) in [4.78, 5) is 8.41. The number of hydrogen-bond donors (Lipinski definition) is 2. The van der Waals surface area contributed by atoms with E-state index in [1.54, 1.807) is 24.4 Å². The molecule has 124 valence electrons. The van der Waals surface area contributed by atoms with Crippen LogP contribution in [0, 0.1) is 5.82 Å². The number of ether oxygens (including phenoxy) is 1. The fourth-order valence-corrected chi connectivity index (χ4v) is 1.67. The molecular formula is C16H20FIN4O. The van der Waals surface area contributed by atoms with Gasteiger partial charge in [0.1, 0.15) is 11.6 Å². The van der Waals surface area contributed by atoms with E-state index < -0.39 is 0 Å². The molecule has 2 aromatic rings. The lowest BCUT2D eigenvalue weighted by Crippen LogP contribution is -2.32. The standard InChI is InChI=1S/C16H19FN4O.HI/c1-2-9-19-16(18)21-11-12-3-8-15(20-10-12)22-14-6-4-13(17)5-7-14;/h3-8,10H,2,9,11H2,1H3,(H3,18,19,21);1H. The topological polar surface area (TPSA) is 72.5 Å². The minimum Gasteiger partial charge on any atom is -0.439 e. The van der Waals surface area contributed by atoms with Crippen LogP contribution in [0.15, 0.2) is 47.6 Å². The molecule has 1 aromatic heterocycles. The maximum absolute atomic E-state index is 12.8. The molecule has 0 saturated carbocycles. The van der Waals surface area contributed by atoms with Crippen LogP contribution in [-0.4, -0.2) is 17.5 Å². The van der Waals surface area contributed by atoms with Crippen LogP contribution in [0.4, 0.5) is 4.39 Å². The van der Waals surface area contributed by atoms with Gasteiger partial charge in [0, 0.05) is 18.8 Å². The first-order valence-corrected chi connectivity index (χ1v) is 7.09. The van der Waals surface area contributed by atoms with Crippen molar-refractivity contribution >= 4 is 29.9 Å². The van der Waals surface area contributed by atoms with Crippen molar-refractivity contribution in [2.24, 2.45) is 10.7 Å². The first-order valence-electron chi connectivity index (χ1n) is 7.09. The number of rotatable bonds is 6. The fraction of sp³-hybridized carbons (Fsp3) is 0.250. The minimum atomic E-state index is -0.303. The van der Waals surface area contributed by atoms with E-state index in [0.717, 1.165) is 18.5 Å². The predicted octanol–water partition coefficient (Wildman–Crippen LogP) is 3.45. The number of nitrogens with two attached hydrogens (primary N) is 1. The molecule has 0 amide bonds. The summed E-state index contributed by atoms with van der Waals surface area (Å²) in [5.74, 6) is 1.10. The number of nitrogens with zero attached hydrogens (tertiary/aromatic N) is 2. The van der Waals surface area contributed by atoms with E-state index in [0.29, 0.717) is 24.1 Å². The molecule has 0 aliphatic rings. The third-order valence-corrected chi connectivity index (χ3v) is 2.82. The summed E-state index contributed by atoms with van der Waals surface area (Å²) in [7, 11) is 0. The molecule has 0 radical (unpaired) electrons. The largest absolute Gasteiger partial charge is 0.439 e. The number of benzene rings is 1. The van der Waals surface area contributed by atoms with Gasteiger partial charge >= 0.3 is 0 Å². The Morgan fingerprint density at radius 2 is 2.00 bits per heavy atom. The van der Waals surface area contributed by atoms with E-state index in [1.165, 1.54) is 12.1 Å². The van der Waals surface area contributed by atoms with Crippen molar-refractivity contribution in [3.8, 4) is 11.6 Å². The van der Waals surface area contributed by atoms with E-state index in [2.05, 4.69) is 22.2 Å². The van der Waals surface area contributed by atoms with E-state index in [1.807, 2.05) is 6.07 Å². The van der Waals surface area contributed by atoms with E-state index in [9.17, 15) is 4.39 Å². The molecule has 3 N–H and O–H groups in total. The van der Waals surface area contributed by atoms with E-state index in [4.69, 9.17) is 10.5 Å². The molecule has 0 unspecified atom stereocenters. The average Bonchev–Trinajstić information content (AvgIpc) is 2.54. The fourth-order valence-electron chi connectivity index (χ4n) is 1.67. The Labute approximate surface area is 152 Å². The van der Waals surface area contributed by atoms with Gasteiger partial charge in [0.05, 0.1) is 6.54 Å². The van der Waals surface area contributed by atoms with Crippen LogP contribution in [0.25, 0.3) is 0 Å². The molecule has 0 atom stereocenters. The molecule has 1 aromatic carbocycles. The molecule has 2 rings (SSSR count). The summed E-state index contributed by atoms with van der Waals surface area (Å²) in [6, 6.07) is 9.38. The first-order chi connectivity index (χ1) is 10.7. The Kier molecular flexibility index (Phi) is 8.31. The number of aliphatic imine (C=N–C) groups is 1. The van der Waals surface area contributed by atoms with Crippen molar-refractivity contribution < 1.29 is 9.13 Å². The highest BCUT2D eigenvalue weighted by atomic mass is 127. The van der Waals surface area contributed by atoms with Gasteiger partial charge in [-0.05, 0) is 36.2 Å². The Hall–Kier alpha value is -1.90. The lowest BCUT2D eigenvalue weighted by Gasteiger charge is -2.06. The molecule has 0 spiro atoms. The quantitative estimate of drug-likeness (QED) is 0.419. The second-order valence-corrected chi connectivity index (χ2v) is 4.69. The van der Waals surface area contributed by atoms with Crippen molar-refractivity contribution in [3.63, 3.8) is 0 Å². The van der Waals surface area contributed by atoms with Crippen LogP contribution in [0.3, 0.4) is 0 Å². The predicted molar refractivity (Wildman–Crippen MR) is 99.7 cm³/mol. The normalized spacial score (nSPS) is 10.8. The monoisotopic (exact) mass is 430 g/mol. The summed E-state index contributed by atoms with van der Waals surface area (Å²) in [6.45, 7) is 3.31. The summed E-state index contributed by atoms with van der Waals surface area (Å²) in [5.41, 5.74) is 6.64. The van der Waals surface area contributed by atoms with Crippen LogP contribution in [-0.2, 0) is 6.54 Å². The Morgan fingerprint density at radius 1 is 1.26 bits per heavy atom. The SMILES string of the molecule is CCCNC(N)=NCc1ccc(Oc2ccc(F)cc2)nc1.I. The van der Waals surface area contributed by atoms with Gasteiger partial charge in [-0.3, -0.25) is 0 Å². The van der Waals surface area contributed by atoms with Crippen molar-refractivity contribution in [1.82, 2.24) is 10.3 Å². The van der Waals surface area contributed by atoms with Crippen LogP contribution in [0.2, 0.25) is 0 Å². The third-order valence-electron chi connectivity index (χ3n) is 2.82. The Balaban J connectivity index is 0.00000264. The van der Waals surface area contributed by atoms with E-state index in [-0.39, 0.29) is 29.8 Å². The highest BCUT2D eigenvalue weighted by Crippen LogP contribution is 2.19. The number of aromatic nitrogens is 1. The van der Waals surface area contributed by atoms with Crippen LogP contribution >= 0.6 is 24.0 Å². The lowest BCUT2D eigenvalue weighted by molar-refractivity contribution is 0.461. The third kappa shape index (κ3) is 6.81. The molecule has 0 fully saturated rings. The molecular weight excluding hydrogens is 410 g/mol. The van der Waals surface area contributed by atoms with Gasteiger partial charge in [0.2, 0.25) is 5.88 Å². The van der Waals surface area contributed by atoms with Gasteiger partial charge in [-0.15, -0.1) is 24.0 Å². The van der Waals surface area contributed by atoms with Crippen LogP contribution in [0.1, 0.15) is 18.9 Å². The van der Waals surface area contributed by atoms with Crippen molar-refractivity contribution in [1.29, 1.82) is 0 Å². The number of pyridine rings is 1. The maximum Gasteiger partial charge on any atom is 0.219 e. The zero-order valence-electron chi connectivity index (χ0n) is 12.8. The Bertz CT molecular complexity index is 617. The summed E-state index contributed by atoms with van der Waals surface area (Å²) in [6.07, 6.45) is 2.67. The molecule has 1 heterocycles. The van der Waals surface area contributed by atoms with E-state index >= 15 is 0 Å². The van der Waals surface area contributed by atoms with Crippen molar-refractivity contribution in [2.45, 2.75) is 19.9 Å². The van der Waals surface area contributed by atoms with Crippen LogP contribution in [0.5, 0.6) is 11.6 Å². The molecule has 0 bridgehead atoms. The van der Waals surface area contributed by atoms with Gasteiger partial charge < -0.3 is 15.8 Å². The molecule has 7 heteroatoms. The number of nitrogens with one attached hydrogen (secondary N) is 1. The van der Waals surface area contributed by atoms with Crippen LogP contribution < -0.4 is 15.8 Å². The number of halogens is 2. The lowest BCUT2D eigenvalue weighted by atomic mass is 10.3. The summed E-state index contributed by atoms with van der Waals surface area (Å²) in [5, 5.41) is 3.00. The smallest absolute Gasteiger partial charge is 0.219 e. The number of hydrogen-bond acceptors (Lipinski definition) is 3. The molecule has 0 saturated heterocycles.